The number of rotatable bonds is 3. The smallest absolute Gasteiger partial charge is 0.257 e. The Morgan fingerprint density at radius 3 is 2.79 bits per heavy atom. The number of thiophene rings is 1. The highest BCUT2D eigenvalue weighted by Gasteiger charge is 2.10. The average molecular weight is 273 g/mol. The van der Waals surface area contributed by atoms with Gasteiger partial charge in [0.15, 0.2) is 5.82 Å². The molecule has 0 aliphatic carbocycles. The Morgan fingerprint density at radius 1 is 1.26 bits per heavy atom. The van der Waals surface area contributed by atoms with Crippen LogP contribution in [0.4, 0.5) is 5.95 Å². The Kier molecular flexibility index (Phi) is 2.92. The number of nitrogens with zero attached hydrogens (tertiary/aromatic N) is 6. The minimum Gasteiger partial charge on any atom is -0.357 e. The molecule has 0 saturated carbocycles. The molecule has 1 N–H and O–H groups in total. The molecule has 3 heterocycles. The van der Waals surface area contributed by atoms with Gasteiger partial charge in [-0.15, -0.1) is 11.3 Å². The van der Waals surface area contributed by atoms with Gasteiger partial charge in [0.1, 0.15) is 12.7 Å². The Hall–Kier alpha value is -2.35. The van der Waals surface area contributed by atoms with Crippen LogP contribution in [0.2, 0.25) is 0 Å². The van der Waals surface area contributed by atoms with Gasteiger partial charge in [0.25, 0.3) is 5.95 Å². The minimum absolute atomic E-state index is 0.440. The number of hydrogen-bond donors (Lipinski definition) is 1. The van der Waals surface area contributed by atoms with Crippen molar-refractivity contribution < 1.29 is 0 Å². The van der Waals surface area contributed by atoms with Crippen molar-refractivity contribution in [3.8, 4) is 17.3 Å². The van der Waals surface area contributed by atoms with Gasteiger partial charge in [-0.3, -0.25) is 0 Å². The van der Waals surface area contributed by atoms with Crippen LogP contribution >= 0.6 is 11.3 Å². The molecule has 0 unspecified atom stereocenters. The van der Waals surface area contributed by atoms with Crippen LogP contribution < -0.4 is 5.32 Å². The molecule has 19 heavy (non-hydrogen) atoms. The molecule has 0 radical (unpaired) electrons. The van der Waals surface area contributed by atoms with Crippen LogP contribution in [0.1, 0.15) is 4.88 Å². The summed E-state index contributed by atoms with van der Waals surface area (Å²) in [6.45, 7) is 2.05. The third kappa shape index (κ3) is 2.29. The van der Waals surface area contributed by atoms with Crippen molar-refractivity contribution in [1.29, 1.82) is 0 Å². The molecule has 96 valence electrons. The summed E-state index contributed by atoms with van der Waals surface area (Å²) in [5.74, 6) is 1.56. The molecule has 0 spiro atoms. The number of aryl methyl sites for hydroxylation is 1. The van der Waals surface area contributed by atoms with Crippen molar-refractivity contribution in [3.05, 3.63) is 29.0 Å². The van der Waals surface area contributed by atoms with E-state index in [1.54, 1.807) is 24.7 Å². The second kappa shape index (κ2) is 4.73. The summed E-state index contributed by atoms with van der Waals surface area (Å²) in [6.07, 6.45) is 2.99. The molecule has 3 aromatic heterocycles. The molecule has 0 aliphatic heterocycles. The summed E-state index contributed by atoms with van der Waals surface area (Å²) >= 11 is 1.66. The van der Waals surface area contributed by atoms with Crippen LogP contribution in [0.25, 0.3) is 17.3 Å². The first-order chi connectivity index (χ1) is 9.26. The predicted octanol–water partition coefficient (Wildman–Crippen LogP) is 1.53. The third-order valence-corrected chi connectivity index (χ3v) is 3.32. The summed E-state index contributed by atoms with van der Waals surface area (Å²) in [5, 5.41) is 8.98. The highest BCUT2D eigenvalue weighted by molar-refractivity contribution is 7.10. The first kappa shape index (κ1) is 11.7. The molecule has 0 aliphatic rings. The van der Waals surface area contributed by atoms with E-state index in [0.717, 1.165) is 5.56 Å². The molecule has 0 saturated heterocycles. The van der Waals surface area contributed by atoms with Crippen molar-refractivity contribution >= 4 is 17.3 Å². The van der Waals surface area contributed by atoms with E-state index in [1.165, 1.54) is 15.9 Å². The zero-order valence-electron chi connectivity index (χ0n) is 10.4. The largest absolute Gasteiger partial charge is 0.357 e. The van der Waals surface area contributed by atoms with E-state index in [9.17, 15) is 0 Å². The maximum atomic E-state index is 4.41. The van der Waals surface area contributed by atoms with E-state index in [4.69, 9.17) is 0 Å². The van der Waals surface area contributed by atoms with E-state index in [1.807, 2.05) is 18.4 Å². The van der Waals surface area contributed by atoms with Gasteiger partial charge in [0, 0.05) is 22.9 Å². The Bertz CT molecular complexity index is 689. The van der Waals surface area contributed by atoms with E-state index in [2.05, 4.69) is 30.4 Å². The fourth-order valence-corrected chi connectivity index (χ4v) is 2.26. The van der Waals surface area contributed by atoms with Gasteiger partial charge in [-0.1, -0.05) is 0 Å². The van der Waals surface area contributed by atoms with Crippen molar-refractivity contribution in [3.63, 3.8) is 0 Å². The van der Waals surface area contributed by atoms with Crippen LogP contribution in [0.15, 0.2) is 24.1 Å². The molecular weight excluding hydrogens is 262 g/mol. The molecule has 3 rings (SSSR count). The van der Waals surface area contributed by atoms with Gasteiger partial charge in [-0.25, -0.2) is 4.98 Å². The SMILES string of the molecule is CNc1nc(-c2csc(C)c2)nc(-n2cncn2)n1. The number of nitrogens with one attached hydrogen (secondary N) is 1. The zero-order valence-corrected chi connectivity index (χ0v) is 11.2. The first-order valence-electron chi connectivity index (χ1n) is 5.60. The summed E-state index contributed by atoms with van der Waals surface area (Å²) in [5.41, 5.74) is 0.975. The fourth-order valence-electron chi connectivity index (χ4n) is 1.58. The maximum Gasteiger partial charge on any atom is 0.257 e. The average Bonchev–Trinajstić information content (AvgIpc) is 3.09. The second-order valence-electron chi connectivity index (χ2n) is 3.82. The molecule has 0 aromatic carbocycles. The summed E-state index contributed by atoms with van der Waals surface area (Å²) in [7, 11) is 1.77. The minimum atomic E-state index is 0.440. The fraction of sp³-hybridized carbons (Fsp3) is 0.182. The second-order valence-corrected chi connectivity index (χ2v) is 4.93. The van der Waals surface area contributed by atoms with Crippen LogP contribution in [0, 0.1) is 6.92 Å². The highest BCUT2D eigenvalue weighted by atomic mass is 32.1. The topological polar surface area (TPSA) is 81.4 Å². The van der Waals surface area contributed by atoms with Crippen molar-refractivity contribution in [2.24, 2.45) is 0 Å². The lowest BCUT2D eigenvalue weighted by molar-refractivity contribution is 0.798. The number of hydrogen-bond acceptors (Lipinski definition) is 7. The lowest BCUT2D eigenvalue weighted by Crippen LogP contribution is -2.08. The van der Waals surface area contributed by atoms with Crippen molar-refractivity contribution in [2.45, 2.75) is 6.92 Å². The van der Waals surface area contributed by atoms with E-state index in [-0.39, 0.29) is 0 Å². The van der Waals surface area contributed by atoms with Crippen LogP contribution in [0.3, 0.4) is 0 Å². The van der Waals surface area contributed by atoms with E-state index < -0.39 is 0 Å². The standard InChI is InChI=1S/C11H11N7S/c1-7-3-8(4-19-7)9-15-10(12-2)17-11(16-9)18-6-13-5-14-18/h3-6H,1-2H3,(H,12,15,16,17). The van der Waals surface area contributed by atoms with Crippen molar-refractivity contribution in [1.82, 2.24) is 29.7 Å². The Balaban J connectivity index is 2.12. The molecule has 0 amide bonds. The molecule has 7 nitrogen and oxygen atoms in total. The zero-order chi connectivity index (χ0) is 13.2. The van der Waals surface area contributed by atoms with Gasteiger partial charge < -0.3 is 5.32 Å². The first-order valence-corrected chi connectivity index (χ1v) is 6.48. The van der Waals surface area contributed by atoms with Crippen LogP contribution in [-0.4, -0.2) is 36.8 Å². The molecule has 3 aromatic rings. The predicted molar refractivity (Wildman–Crippen MR) is 72.3 cm³/mol. The van der Waals surface area contributed by atoms with Crippen LogP contribution in [0.5, 0.6) is 0 Å². The van der Waals surface area contributed by atoms with Gasteiger partial charge in [0.05, 0.1) is 0 Å². The van der Waals surface area contributed by atoms with Crippen molar-refractivity contribution in [2.75, 3.05) is 12.4 Å². The van der Waals surface area contributed by atoms with Gasteiger partial charge in [0.2, 0.25) is 5.95 Å². The normalized spacial score (nSPS) is 10.6. The van der Waals surface area contributed by atoms with Gasteiger partial charge in [-0.05, 0) is 13.0 Å². The summed E-state index contributed by atoms with van der Waals surface area (Å²) < 4.78 is 1.51. The lowest BCUT2D eigenvalue weighted by Gasteiger charge is -2.04. The molecular formula is C11H11N7S. The quantitative estimate of drug-likeness (QED) is 0.779. The molecule has 0 bridgehead atoms. The maximum absolute atomic E-state index is 4.41. The Labute approximate surface area is 113 Å². The monoisotopic (exact) mass is 273 g/mol. The van der Waals surface area contributed by atoms with Crippen LogP contribution in [-0.2, 0) is 0 Å². The van der Waals surface area contributed by atoms with E-state index in [0.29, 0.717) is 17.7 Å². The molecule has 8 heteroatoms. The molecule has 0 atom stereocenters. The van der Waals surface area contributed by atoms with Gasteiger partial charge in [-0.2, -0.15) is 24.7 Å². The summed E-state index contributed by atoms with van der Waals surface area (Å²) in [6, 6.07) is 2.05. The van der Waals surface area contributed by atoms with E-state index >= 15 is 0 Å². The van der Waals surface area contributed by atoms with Gasteiger partial charge >= 0.3 is 0 Å². The molecule has 0 fully saturated rings. The lowest BCUT2D eigenvalue weighted by atomic mass is 10.3. The highest BCUT2D eigenvalue weighted by Crippen LogP contribution is 2.23. The number of aromatic nitrogens is 6. The Morgan fingerprint density at radius 2 is 2.16 bits per heavy atom. The number of anilines is 1. The summed E-state index contributed by atoms with van der Waals surface area (Å²) in [4.78, 5) is 18.1. The third-order valence-electron chi connectivity index (χ3n) is 2.46.